The minimum Gasteiger partial charge on any atom is -0.492 e. The Balaban J connectivity index is 1.40. The highest BCUT2D eigenvalue weighted by Crippen LogP contribution is 2.32. The van der Waals surface area contributed by atoms with E-state index < -0.39 is 0 Å². The summed E-state index contributed by atoms with van der Waals surface area (Å²) < 4.78 is 5.87. The fourth-order valence-corrected chi connectivity index (χ4v) is 3.67. The van der Waals surface area contributed by atoms with E-state index in [1.807, 2.05) is 0 Å². The quantitative estimate of drug-likeness (QED) is 0.293. The fourth-order valence-electron chi connectivity index (χ4n) is 3.67. The zero-order valence-corrected chi connectivity index (χ0v) is 17.8. The van der Waals surface area contributed by atoms with Crippen LogP contribution in [-0.4, -0.2) is 12.1 Å². The minimum absolute atomic E-state index is 0.0366. The second kappa shape index (κ2) is 13.2. The summed E-state index contributed by atoms with van der Waals surface area (Å²) in [4.78, 5) is 0. The molecular weight excluding hydrogens is 330 g/mol. The van der Waals surface area contributed by atoms with Crippen LogP contribution in [0.15, 0.2) is 24.3 Å². The monoisotopic (exact) mass is 373 g/mol. The van der Waals surface area contributed by atoms with Crippen LogP contribution in [0.25, 0.3) is 0 Å². The molecule has 0 amide bonds. The predicted molar refractivity (Wildman–Crippen MR) is 117 cm³/mol. The summed E-state index contributed by atoms with van der Waals surface area (Å²) in [6.07, 6.45) is 21.7. The molecule has 0 aromatic heterocycles. The van der Waals surface area contributed by atoms with E-state index in [9.17, 15) is 0 Å². The van der Waals surface area contributed by atoms with Crippen molar-refractivity contribution in [2.24, 2.45) is 5.73 Å². The van der Waals surface area contributed by atoms with Crippen LogP contribution in [0.2, 0.25) is 0 Å². The molecule has 2 heteroatoms. The number of aryl methyl sites for hydroxylation is 1. The van der Waals surface area contributed by atoms with Gasteiger partial charge in [-0.25, -0.2) is 0 Å². The number of unbranched alkanes of at least 4 members (excludes halogenated alkanes) is 12. The van der Waals surface area contributed by atoms with Gasteiger partial charge < -0.3 is 10.5 Å². The van der Waals surface area contributed by atoms with E-state index >= 15 is 0 Å². The molecule has 0 saturated heterocycles. The number of ether oxygens (including phenoxy) is 1. The van der Waals surface area contributed by atoms with Gasteiger partial charge in [-0.15, -0.1) is 0 Å². The summed E-state index contributed by atoms with van der Waals surface area (Å²) >= 11 is 0. The van der Waals surface area contributed by atoms with Gasteiger partial charge in [-0.05, 0) is 43.4 Å². The lowest BCUT2D eigenvalue weighted by atomic mass is 10.0. The van der Waals surface area contributed by atoms with Gasteiger partial charge in [0.25, 0.3) is 0 Å². The van der Waals surface area contributed by atoms with Crippen LogP contribution in [0.4, 0.5) is 0 Å². The lowest BCUT2D eigenvalue weighted by Gasteiger charge is -2.12. The van der Waals surface area contributed by atoms with E-state index in [1.54, 1.807) is 0 Å². The molecule has 2 nitrogen and oxygen atoms in total. The van der Waals surface area contributed by atoms with Crippen molar-refractivity contribution in [3.63, 3.8) is 0 Å². The molecule has 0 radical (unpaired) electrons. The standard InChI is InChI=1S/C25H43NO/c1-2-3-4-5-6-7-8-9-10-11-12-13-14-16-23-17-15-18-24(21-23)27-22-25(26)19-20-25/h15,17-18,21H,2-14,16,19-20,22,26H2,1H3. The number of nitrogens with two attached hydrogens (primary N) is 1. The molecule has 0 bridgehead atoms. The summed E-state index contributed by atoms with van der Waals surface area (Å²) in [7, 11) is 0. The number of rotatable bonds is 17. The maximum Gasteiger partial charge on any atom is 0.119 e. The molecule has 1 aromatic rings. The topological polar surface area (TPSA) is 35.2 Å². The Bertz CT molecular complexity index is 495. The molecule has 0 aliphatic heterocycles. The third-order valence-electron chi connectivity index (χ3n) is 5.89. The molecule has 27 heavy (non-hydrogen) atoms. The molecular formula is C25H43NO. The molecule has 1 saturated carbocycles. The first kappa shape index (κ1) is 22.3. The minimum atomic E-state index is -0.0366. The highest BCUT2D eigenvalue weighted by atomic mass is 16.5. The van der Waals surface area contributed by atoms with E-state index in [-0.39, 0.29) is 5.54 Å². The Morgan fingerprint density at radius 1 is 0.815 bits per heavy atom. The molecule has 1 aliphatic rings. The van der Waals surface area contributed by atoms with Crippen LogP contribution in [0.3, 0.4) is 0 Å². The Hall–Kier alpha value is -1.02. The predicted octanol–water partition coefficient (Wildman–Crippen LogP) is 7.19. The molecule has 0 atom stereocenters. The number of hydrogen-bond donors (Lipinski definition) is 1. The average Bonchev–Trinajstić information content (AvgIpc) is 3.42. The molecule has 1 aromatic carbocycles. The molecule has 1 fully saturated rings. The summed E-state index contributed by atoms with van der Waals surface area (Å²) in [5.41, 5.74) is 7.46. The SMILES string of the molecule is CCCCCCCCCCCCCCCc1cccc(OCC2(N)CC2)c1. The van der Waals surface area contributed by atoms with E-state index in [1.165, 1.54) is 95.5 Å². The normalized spacial score (nSPS) is 15.0. The number of hydrogen-bond acceptors (Lipinski definition) is 2. The lowest BCUT2D eigenvalue weighted by molar-refractivity contribution is 0.279. The Morgan fingerprint density at radius 3 is 1.93 bits per heavy atom. The maximum absolute atomic E-state index is 6.10. The lowest BCUT2D eigenvalue weighted by Crippen LogP contribution is -2.29. The second-order valence-electron chi connectivity index (χ2n) is 8.79. The third kappa shape index (κ3) is 10.8. The van der Waals surface area contributed by atoms with E-state index in [4.69, 9.17) is 10.5 Å². The van der Waals surface area contributed by atoms with Gasteiger partial charge >= 0.3 is 0 Å². The summed E-state index contributed by atoms with van der Waals surface area (Å²) in [6.45, 7) is 2.95. The van der Waals surface area contributed by atoms with Gasteiger partial charge in [-0.2, -0.15) is 0 Å². The molecule has 2 rings (SSSR count). The fraction of sp³-hybridized carbons (Fsp3) is 0.760. The van der Waals surface area contributed by atoms with E-state index in [2.05, 4.69) is 31.2 Å². The van der Waals surface area contributed by atoms with Gasteiger partial charge in [0.2, 0.25) is 0 Å². The van der Waals surface area contributed by atoms with Gasteiger partial charge in [0.05, 0.1) is 5.54 Å². The van der Waals surface area contributed by atoms with Crippen LogP contribution in [0.5, 0.6) is 5.75 Å². The Morgan fingerprint density at radius 2 is 1.37 bits per heavy atom. The first-order valence-electron chi connectivity index (χ1n) is 11.7. The van der Waals surface area contributed by atoms with Crippen molar-refractivity contribution < 1.29 is 4.74 Å². The summed E-state index contributed by atoms with van der Waals surface area (Å²) in [6, 6.07) is 8.59. The molecule has 0 spiro atoms. The number of benzene rings is 1. The van der Waals surface area contributed by atoms with Crippen molar-refractivity contribution in [2.75, 3.05) is 6.61 Å². The zero-order chi connectivity index (χ0) is 19.2. The van der Waals surface area contributed by atoms with Crippen molar-refractivity contribution in [3.8, 4) is 5.75 Å². The van der Waals surface area contributed by atoms with Crippen molar-refractivity contribution in [2.45, 2.75) is 115 Å². The zero-order valence-electron chi connectivity index (χ0n) is 17.8. The average molecular weight is 374 g/mol. The van der Waals surface area contributed by atoms with Crippen LogP contribution < -0.4 is 10.5 Å². The molecule has 2 N–H and O–H groups in total. The van der Waals surface area contributed by atoms with Crippen LogP contribution in [0.1, 0.15) is 109 Å². The highest BCUT2D eigenvalue weighted by molar-refractivity contribution is 5.29. The molecule has 154 valence electrons. The van der Waals surface area contributed by atoms with Crippen LogP contribution in [-0.2, 0) is 6.42 Å². The second-order valence-corrected chi connectivity index (χ2v) is 8.79. The molecule has 0 unspecified atom stereocenters. The van der Waals surface area contributed by atoms with Crippen molar-refractivity contribution >= 4 is 0 Å². The molecule has 1 aliphatic carbocycles. The smallest absolute Gasteiger partial charge is 0.119 e. The van der Waals surface area contributed by atoms with Gasteiger partial charge in [-0.1, -0.05) is 96.1 Å². The van der Waals surface area contributed by atoms with Gasteiger partial charge in [0.1, 0.15) is 12.4 Å². The van der Waals surface area contributed by atoms with Crippen LogP contribution in [0, 0.1) is 0 Å². The molecule has 0 heterocycles. The summed E-state index contributed by atoms with van der Waals surface area (Å²) in [5.74, 6) is 0.985. The highest BCUT2D eigenvalue weighted by Gasteiger charge is 2.39. The maximum atomic E-state index is 6.10. The van der Waals surface area contributed by atoms with Gasteiger partial charge in [-0.3, -0.25) is 0 Å². The van der Waals surface area contributed by atoms with Gasteiger partial charge in [0.15, 0.2) is 0 Å². The first-order chi connectivity index (χ1) is 13.2. The van der Waals surface area contributed by atoms with Crippen LogP contribution >= 0.6 is 0 Å². The third-order valence-corrected chi connectivity index (χ3v) is 5.89. The van der Waals surface area contributed by atoms with Crippen molar-refractivity contribution in [1.82, 2.24) is 0 Å². The van der Waals surface area contributed by atoms with Crippen molar-refractivity contribution in [1.29, 1.82) is 0 Å². The van der Waals surface area contributed by atoms with E-state index in [0.29, 0.717) is 6.61 Å². The van der Waals surface area contributed by atoms with E-state index in [0.717, 1.165) is 18.6 Å². The Labute approximate surface area is 168 Å². The first-order valence-corrected chi connectivity index (χ1v) is 11.7. The largest absolute Gasteiger partial charge is 0.492 e. The summed E-state index contributed by atoms with van der Waals surface area (Å²) in [5, 5.41) is 0. The Kier molecular flexibility index (Phi) is 10.9. The van der Waals surface area contributed by atoms with Crippen molar-refractivity contribution in [3.05, 3.63) is 29.8 Å². The van der Waals surface area contributed by atoms with Gasteiger partial charge in [0, 0.05) is 0 Å².